The quantitative estimate of drug-likeness (QED) is 0.205. The molecule has 0 heterocycles. The summed E-state index contributed by atoms with van der Waals surface area (Å²) in [6.07, 6.45) is 4.36. The van der Waals surface area contributed by atoms with Crippen molar-refractivity contribution in [2.75, 3.05) is 39.3 Å². The van der Waals surface area contributed by atoms with Gasteiger partial charge in [-0.2, -0.15) is 44.8 Å². The minimum absolute atomic E-state index is 0. The van der Waals surface area contributed by atoms with Crippen LogP contribution in [0.3, 0.4) is 0 Å². The average Bonchev–Trinajstić information content (AvgIpc) is 2.80. The average molecular weight is 543 g/mol. The van der Waals surface area contributed by atoms with E-state index in [4.69, 9.17) is 4.74 Å². The summed E-state index contributed by atoms with van der Waals surface area (Å²) in [5.41, 5.74) is 1.57. The molecule has 0 aromatic carbocycles. The third-order valence-corrected chi connectivity index (χ3v) is 6.47. The molecule has 2 atom stereocenters. The van der Waals surface area contributed by atoms with E-state index in [1.807, 2.05) is 69.2 Å². The summed E-state index contributed by atoms with van der Waals surface area (Å²) < 4.78 is 5.45. The topological polar surface area (TPSA) is 71.8 Å². The Labute approximate surface area is 240 Å². The molecule has 2 bridgehead atoms. The summed E-state index contributed by atoms with van der Waals surface area (Å²) in [4.78, 5) is 14.0. The van der Waals surface area contributed by atoms with Crippen LogP contribution in [0, 0.1) is 23.9 Å². The number of allylic oxidation sites excluding steroid dienone is 1. The Hall–Kier alpha value is -0.526. The van der Waals surface area contributed by atoms with E-state index in [-0.39, 0.29) is 39.9 Å². The van der Waals surface area contributed by atoms with Gasteiger partial charge in [0.1, 0.15) is 0 Å². The van der Waals surface area contributed by atoms with Crippen LogP contribution in [-0.4, -0.2) is 62.3 Å². The van der Waals surface area contributed by atoms with Crippen LogP contribution in [0.2, 0.25) is 0 Å². The second-order valence-electron chi connectivity index (χ2n) is 9.91. The van der Waals surface area contributed by atoms with E-state index >= 15 is 0 Å². The fourth-order valence-electron chi connectivity index (χ4n) is 4.40. The van der Waals surface area contributed by atoms with Gasteiger partial charge in [-0.3, -0.25) is 0 Å². The van der Waals surface area contributed by atoms with Crippen molar-refractivity contribution >= 4 is 6.09 Å². The number of rotatable bonds is 10. The van der Waals surface area contributed by atoms with Gasteiger partial charge in [-0.25, -0.2) is 10.9 Å². The van der Waals surface area contributed by atoms with Crippen LogP contribution in [0.15, 0.2) is 11.6 Å². The zero-order chi connectivity index (χ0) is 27.4. The summed E-state index contributed by atoms with van der Waals surface area (Å²) in [6, 6.07) is 0.307. The van der Waals surface area contributed by atoms with Crippen molar-refractivity contribution in [3.8, 4) is 0 Å². The molecule has 1 saturated carbocycles. The summed E-state index contributed by atoms with van der Waals surface area (Å²) in [5.74, 6) is 1.36. The maximum absolute atomic E-state index is 12.2. The van der Waals surface area contributed by atoms with Gasteiger partial charge in [0.25, 0.3) is 0 Å². The molecule has 0 N–H and O–H groups in total. The van der Waals surface area contributed by atoms with E-state index in [1.165, 1.54) is 12.0 Å². The summed E-state index contributed by atoms with van der Waals surface area (Å²) in [7, 11) is 0. The van der Waals surface area contributed by atoms with Gasteiger partial charge in [0.05, 0.1) is 0 Å². The summed E-state index contributed by atoms with van der Waals surface area (Å²) in [5, 5.41) is 11.9. The Morgan fingerprint density at radius 1 is 0.917 bits per heavy atom. The molecule has 36 heavy (non-hydrogen) atoms. The minimum Gasteiger partial charge on any atom is -0.663 e. The van der Waals surface area contributed by atoms with Crippen LogP contribution in [0.1, 0.15) is 95.9 Å². The van der Waals surface area contributed by atoms with Crippen molar-refractivity contribution in [3.63, 3.8) is 0 Å². The van der Waals surface area contributed by atoms with E-state index in [2.05, 4.69) is 35.9 Å². The van der Waals surface area contributed by atoms with Gasteiger partial charge in [-0.1, -0.05) is 68.4 Å². The monoisotopic (exact) mass is 542 g/mol. The number of nitrogens with zero attached hydrogens (tertiary/aromatic N) is 4. The molecule has 210 valence electrons. The van der Waals surface area contributed by atoms with Crippen LogP contribution in [0.5, 0.6) is 0 Å². The zero-order valence-corrected chi connectivity index (χ0v) is 27.3. The molecule has 0 aromatic heterocycles. The maximum Gasteiger partial charge on any atom is 4.00 e. The van der Waals surface area contributed by atoms with Gasteiger partial charge in [0.15, 0.2) is 0 Å². The number of fused-ring (bicyclic) bond motifs is 1. The SMILES string of the molecule is CC(C)N(C(=O)O[CH-]C1=CC[C@H]2C[C@@H]1C2(C)C)C(C)C.CC[N-]CC.CC[N-]CC.CC[N-]CC.[Ti+4]. The number of hydrogen-bond donors (Lipinski definition) is 0. The van der Waals surface area contributed by atoms with E-state index in [9.17, 15) is 4.79 Å². The summed E-state index contributed by atoms with van der Waals surface area (Å²) >= 11 is 0. The van der Waals surface area contributed by atoms with Crippen LogP contribution in [0.25, 0.3) is 16.0 Å². The number of carbonyl (C=O) groups is 1. The third-order valence-electron chi connectivity index (χ3n) is 6.47. The smallest absolute Gasteiger partial charge is 0.663 e. The van der Waals surface area contributed by atoms with Crippen molar-refractivity contribution in [2.45, 2.75) is 108 Å². The molecule has 7 heteroatoms. The molecule has 3 aliphatic rings. The van der Waals surface area contributed by atoms with Gasteiger partial charge in [-0.15, -0.1) is 0 Å². The van der Waals surface area contributed by atoms with Crippen molar-refractivity contribution < 1.29 is 31.2 Å². The molecule has 3 rings (SSSR count). The molecule has 0 spiro atoms. The molecular weight excluding hydrogens is 484 g/mol. The molecule has 3 aliphatic carbocycles. The Balaban J connectivity index is -0.000000561. The first-order valence-electron chi connectivity index (χ1n) is 13.9. The molecule has 6 nitrogen and oxygen atoms in total. The van der Waals surface area contributed by atoms with Crippen LogP contribution < -0.4 is 0 Å². The third kappa shape index (κ3) is 15.7. The second-order valence-corrected chi connectivity index (χ2v) is 9.91. The van der Waals surface area contributed by atoms with Gasteiger partial charge >= 0.3 is 27.8 Å². The molecular formula is C29H58N4O2Ti. The standard InChI is InChI=1S/C17H28NO2.3C4H10N.Ti/c1-11(2)18(12(3)4)16(19)20-10-13-7-8-14-9-15(13)17(14,5)6;3*1-3-5-4-2;/h7,10-12,14-15H,8-9H2,1-6H3;3*3-4H2,1-2H3;/q4*-1;+4/t14-,15-;;;;/m0..../s1. The normalized spacial score (nSPS) is 18.4. The number of carbonyl (C=O) groups excluding carboxylic acids is 1. The fourth-order valence-corrected chi connectivity index (χ4v) is 4.40. The number of amides is 1. The fraction of sp³-hybridized carbons (Fsp3) is 0.862. The van der Waals surface area contributed by atoms with E-state index in [0.29, 0.717) is 11.3 Å². The van der Waals surface area contributed by atoms with Crippen LogP contribution >= 0.6 is 0 Å². The number of hydrogen-bond acceptors (Lipinski definition) is 2. The molecule has 0 aromatic rings. The van der Waals surface area contributed by atoms with Crippen molar-refractivity contribution in [1.29, 1.82) is 0 Å². The first-order valence-corrected chi connectivity index (χ1v) is 13.9. The molecule has 0 radical (unpaired) electrons. The van der Waals surface area contributed by atoms with Crippen LogP contribution in [0.4, 0.5) is 4.79 Å². The van der Waals surface area contributed by atoms with Gasteiger partial charge in [-0.05, 0) is 51.4 Å². The maximum atomic E-state index is 12.2. The Bertz CT molecular complexity index is 525. The Morgan fingerprint density at radius 3 is 1.56 bits per heavy atom. The van der Waals surface area contributed by atoms with Crippen molar-refractivity contribution in [1.82, 2.24) is 4.90 Å². The first kappa shape index (κ1) is 40.0. The predicted molar refractivity (Wildman–Crippen MR) is 154 cm³/mol. The van der Waals surface area contributed by atoms with E-state index in [0.717, 1.165) is 51.6 Å². The molecule has 0 unspecified atom stereocenters. The molecule has 0 aliphatic heterocycles. The predicted octanol–water partition coefficient (Wildman–Crippen LogP) is 8.59. The van der Waals surface area contributed by atoms with Crippen molar-refractivity contribution in [2.24, 2.45) is 17.3 Å². The number of ether oxygens (including phenoxy) is 1. The zero-order valence-electron chi connectivity index (χ0n) is 25.7. The van der Waals surface area contributed by atoms with E-state index in [1.54, 1.807) is 11.5 Å². The van der Waals surface area contributed by atoms with Crippen LogP contribution in [-0.2, 0) is 26.5 Å². The molecule has 1 fully saturated rings. The van der Waals surface area contributed by atoms with E-state index < -0.39 is 0 Å². The van der Waals surface area contributed by atoms with Gasteiger partial charge in [0, 0.05) is 12.1 Å². The van der Waals surface area contributed by atoms with Crippen molar-refractivity contribution in [3.05, 3.63) is 34.2 Å². The van der Waals surface area contributed by atoms with Gasteiger partial charge in [0.2, 0.25) is 0 Å². The Kier molecular flexibility index (Phi) is 26.2. The second kappa shape index (κ2) is 23.6. The first-order chi connectivity index (χ1) is 16.5. The molecule has 1 amide bonds. The molecule has 0 saturated heterocycles. The summed E-state index contributed by atoms with van der Waals surface area (Å²) in [6.45, 7) is 32.5. The van der Waals surface area contributed by atoms with Gasteiger partial charge < -0.3 is 25.6 Å². The Morgan fingerprint density at radius 2 is 1.31 bits per heavy atom. The minimum atomic E-state index is -0.241. The largest absolute Gasteiger partial charge is 4.00 e.